The summed E-state index contributed by atoms with van der Waals surface area (Å²) in [7, 11) is 1.55. The minimum absolute atomic E-state index is 0.0915. The van der Waals surface area contributed by atoms with Crippen molar-refractivity contribution in [3.63, 3.8) is 0 Å². The second-order valence-electron chi connectivity index (χ2n) is 4.39. The molecule has 1 amide bonds. The third-order valence-electron chi connectivity index (χ3n) is 2.83. The number of carbonyl (C=O) groups is 1. The maximum atomic E-state index is 11.9. The quantitative estimate of drug-likeness (QED) is 0.887. The number of anilines is 1. The molecule has 0 saturated carbocycles. The minimum Gasteiger partial charge on any atom is -0.494 e. The zero-order valence-corrected chi connectivity index (χ0v) is 12.1. The van der Waals surface area contributed by atoms with E-state index in [2.05, 4.69) is 10.3 Å². The highest BCUT2D eigenvalue weighted by molar-refractivity contribution is 5.92. The molecule has 110 valence electrons. The number of ether oxygens (including phenoxy) is 2. The van der Waals surface area contributed by atoms with Gasteiger partial charge in [-0.15, -0.1) is 0 Å². The highest BCUT2D eigenvalue weighted by Gasteiger charge is 2.05. The number of benzene rings is 1. The van der Waals surface area contributed by atoms with Crippen LogP contribution in [0.2, 0.25) is 0 Å². The first kappa shape index (κ1) is 14.8. The molecule has 1 heterocycles. The van der Waals surface area contributed by atoms with Crippen LogP contribution in [0.15, 0.2) is 42.6 Å². The second-order valence-corrected chi connectivity index (χ2v) is 4.39. The summed E-state index contributed by atoms with van der Waals surface area (Å²) in [6.45, 7) is 2.56. The third kappa shape index (κ3) is 4.49. The molecule has 0 bridgehead atoms. The van der Waals surface area contributed by atoms with E-state index in [1.807, 2.05) is 31.2 Å². The summed E-state index contributed by atoms with van der Waals surface area (Å²) in [5, 5.41) is 2.79. The number of nitrogens with one attached hydrogen (secondary N) is 1. The van der Waals surface area contributed by atoms with Crippen LogP contribution in [0, 0.1) is 0 Å². The van der Waals surface area contributed by atoms with Gasteiger partial charge in [-0.05, 0) is 30.7 Å². The largest absolute Gasteiger partial charge is 0.494 e. The summed E-state index contributed by atoms with van der Waals surface area (Å²) in [6, 6.07) is 10.9. The normalized spacial score (nSPS) is 10.0. The Labute approximate surface area is 123 Å². The second kappa shape index (κ2) is 7.28. The molecular formula is C16H18N2O3. The molecule has 0 aliphatic rings. The zero-order chi connectivity index (χ0) is 15.1. The van der Waals surface area contributed by atoms with E-state index in [0.717, 1.165) is 11.3 Å². The average molecular weight is 286 g/mol. The number of carbonyl (C=O) groups excluding carboxylic acids is 1. The summed E-state index contributed by atoms with van der Waals surface area (Å²) in [5.74, 6) is 1.23. The molecule has 5 heteroatoms. The maximum absolute atomic E-state index is 11.9. The van der Waals surface area contributed by atoms with Crippen molar-refractivity contribution in [2.45, 2.75) is 13.3 Å². The molecule has 0 saturated heterocycles. The van der Waals surface area contributed by atoms with Crippen LogP contribution in [0.1, 0.15) is 12.5 Å². The Morgan fingerprint density at radius 3 is 2.52 bits per heavy atom. The van der Waals surface area contributed by atoms with Gasteiger partial charge in [-0.3, -0.25) is 4.79 Å². The van der Waals surface area contributed by atoms with Crippen molar-refractivity contribution < 1.29 is 14.3 Å². The smallest absolute Gasteiger partial charge is 0.228 e. The number of nitrogens with zero attached hydrogens (tertiary/aromatic N) is 1. The van der Waals surface area contributed by atoms with Crippen LogP contribution in [0.4, 0.5) is 5.69 Å². The Hall–Kier alpha value is -2.56. The van der Waals surface area contributed by atoms with Crippen LogP contribution in [0.5, 0.6) is 11.6 Å². The van der Waals surface area contributed by atoms with Gasteiger partial charge in [0.2, 0.25) is 11.8 Å². The van der Waals surface area contributed by atoms with Crippen LogP contribution in [0.3, 0.4) is 0 Å². The van der Waals surface area contributed by atoms with Gasteiger partial charge >= 0.3 is 0 Å². The van der Waals surface area contributed by atoms with Gasteiger partial charge < -0.3 is 14.8 Å². The Balaban J connectivity index is 1.91. The third-order valence-corrected chi connectivity index (χ3v) is 2.83. The fourth-order valence-electron chi connectivity index (χ4n) is 1.84. The Bertz CT molecular complexity index is 579. The molecule has 0 fully saturated rings. The number of hydrogen-bond donors (Lipinski definition) is 1. The van der Waals surface area contributed by atoms with Crippen LogP contribution < -0.4 is 14.8 Å². The van der Waals surface area contributed by atoms with Crippen molar-refractivity contribution in [3.05, 3.63) is 48.2 Å². The fourth-order valence-corrected chi connectivity index (χ4v) is 1.84. The average Bonchev–Trinajstić information content (AvgIpc) is 2.50. The molecule has 1 aromatic heterocycles. The number of rotatable bonds is 6. The first-order valence-electron chi connectivity index (χ1n) is 6.73. The molecule has 0 aliphatic heterocycles. The molecule has 1 aromatic carbocycles. The summed E-state index contributed by atoms with van der Waals surface area (Å²) < 4.78 is 10.3. The lowest BCUT2D eigenvalue weighted by molar-refractivity contribution is -0.115. The van der Waals surface area contributed by atoms with Crippen LogP contribution in [0.25, 0.3) is 0 Å². The first-order valence-corrected chi connectivity index (χ1v) is 6.73. The minimum atomic E-state index is -0.0915. The number of pyridine rings is 1. The van der Waals surface area contributed by atoms with Gasteiger partial charge in [-0.2, -0.15) is 0 Å². The van der Waals surface area contributed by atoms with Gasteiger partial charge in [-0.1, -0.05) is 12.1 Å². The number of methoxy groups -OCH3 is 1. The maximum Gasteiger partial charge on any atom is 0.228 e. The van der Waals surface area contributed by atoms with Gasteiger partial charge in [0.05, 0.1) is 32.0 Å². The molecule has 2 rings (SSSR count). The predicted octanol–water partition coefficient (Wildman–Crippen LogP) is 2.67. The summed E-state index contributed by atoms with van der Waals surface area (Å²) in [4.78, 5) is 16.0. The van der Waals surface area contributed by atoms with Gasteiger partial charge in [0.25, 0.3) is 0 Å². The molecular weight excluding hydrogens is 268 g/mol. The van der Waals surface area contributed by atoms with E-state index in [-0.39, 0.29) is 5.91 Å². The van der Waals surface area contributed by atoms with E-state index in [4.69, 9.17) is 9.47 Å². The molecule has 1 N–H and O–H groups in total. The van der Waals surface area contributed by atoms with Crippen molar-refractivity contribution in [1.82, 2.24) is 4.98 Å². The van der Waals surface area contributed by atoms with Crippen molar-refractivity contribution in [2.24, 2.45) is 0 Å². The predicted molar refractivity (Wildman–Crippen MR) is 80.7 cm³/mol. The van der Waals surface area contributed by atoms with Crippen molar-refractivity contribution in [2.75, 3.05) is 19.0 Å². The van der Waals surface area contributed by atoms with Crippen molar-refractivity contribution >= 4 is 11.6 Å². The highest BCUT2D eigenvalue weighted by atomic mass is 16.5. The standard InChI is InChI=1S/C16H18N2O3/c1-3-21-14-7-4-12(5-8-14)10-15(19)18-13-6-9-16(20-2)17-11-13/h4-9,11H,3,10H2,1-2H3,(H,18,19). The highest BCUT2D eigenvalue weighted by Crippen LogP contribution is 2.14. The molecule has 0 aliphatic carbocycles. The molecule has 0 atom stereocenters. The van der Waals surface area contributed by atoms with Crippen molar-refractivity contribution in [1.29, 1.82) is 0 Å². The van der Waals surface area contributed by atoms with Crippen molar-refractivity contribution in [3.8, 4) is 11.6 Å². The van der Waals surface area contributed by atoms with Gasteiger partial charge in [0, 0.05) is 6.07 Å². The number of hydrogen-bond acceptors (Lipinski definition) is 4. The summed E-state index contributed by atoms with van der Waals surface area (Å²) >= 11 is 0. The molecule has 5 nitrogen and oxygen atoms in total. The van der Waals surface area contributed by atoms with E-state index in [1.165, 1.54) is 0 Å². The lowest BCUT2D eigenvalue weighted by Gasteiger charge is -2.07. The van der Waals surface area contributed by atoms with E-state index in [9.17, 15) is 4.79 Å². The number of amides is 1. The van der Waals surface area contributed by atoms with Gasteiger partial charge in [0.15, 0.2) is 0 Å². The molecule has 2 aromatic rings. The van der Waals surface area contributed by atoms with Gasteiger partial charge in [-0.25, -0.2) is 4.98 Å². The first-order chi connectivity index (χ1) is 10.2. The SMILES string of the molecule is CCOc1ccc(CC(=O)Nc2ccc(OC)nc2)cc1. The van der Waals surface area contributed by atoms with Gasteiger partial charge in [0.1, 0.15) is 5.75 Å². The Kier molecular flexibility index (Phi) is 5.15. The topological polar surface area (TPSA) is 60.5 Å². The molecule has 21 heavy (non-hydrogen) atoms. The van der Waals surface area contributed by atoms with Crippen LogP contribution in [-0.2, 0) is 11.2 Å². The zero-order valence-electron chi connectivity index (χ0n) is 12.1. The molecule has 0 unspecified atom stereocenters. The van der Waals surface area contributed by atoms with E-state index in [1.54, 1.807) is 25.4 Å². The molecule has 0 radical (unpaired) electrons. The van der Waals surface area contributed by atoms with E-state index in [0.29, 0.717) is 24.6 Å². The summed E-state index contributed by atoms with van der Waals surface area (Å²) in [5.41, 5.74) is 1.57. The van der Waals surface area contributed by atoms with Crippen LogP contribution >= 0.6 is 0 Å². The lowest BCUT2D eigenvalue weighted by Crippen LogP contribution is -2.14. The lowest BCUT2D eigenvalue weighted by atomic mass is 10.1. The van der Waals surface area contributed by atoms with E-state index >= 15 is 0 Å². The monoisotopic (exact) mass is 286 g/mol. The van der Waals surface area contributed by atoms with E-state index < -0.39 is 0 Å². The Morgan fingerprint density at radius 2 is 1.95 bits per heavy atom. The Morgan fingerprint density at radius 1 is 1.19 bits per heavy atom. The summed E-state index contributed by atoms with van der Waals surface area (Å²) in [6.07, 6.45) is 1.87. The molecule has 0 spiro atoms. The fraction of sp³-hybridized carbons (Fsp3) is 0.250. The number of aromatic nitrogens is 1. The van der Waals surface area contributed by atoms with Crippen LogP contribution in [-0.4, -0.2) is 24.6 Å².